The van der Waals surface area contributed by atoms with E-state index in [0.29, 0.717) is 22.8 Å². The van der Waals surface area contributed by atoms with Gasteiger partial charge in [0.1, 0.15) is 0 Å². The van der Waals surface area contributed by atoms with E-state index in [0.717, 1.165) is 22.1 Å². The monoisotopic (exact) mass is 389 g/mol. The van der Waals surface area contributed by atoms with Gasteiger partial charge in [0.25, 0.3) is 0 Å². The van der Waals surface area contributed by atoms with Gasteiger partial charge in [-0.1, -0.05) is 11.6 Å². The molecule has 19 heavy (non-hydrogen) atoms. The summed E-state index contributed by atoms with van der Waals surface area (Å²) in [6.45, 7) is 0.889. The maximum absolute atomic E-state index is 6.09. The minimum Gasteiger partial charge on any atom is -0.421 e. The first-order valence-electron chi connectivity index (χ1n) is 6.23. The highest BCUT2D eigenvalue weighted by Gasteiger charge is 2.20. The minimum atomic E-state index is 0.528. The molecule has 6 heteroatoms. The highest BCUT2D eigenvalue weighted by molar-refractivity contribution is 14.1. The van der Waals surface area contributed by atoms with Crippen molar-refractivity contribution in [1.82, 2.24) is 15.5 Å². The van der Waals surface area contributed by atoms with Crippen molar-refractivity contribution >= 4 is 34.2 Å². The summed E-state index contributed by atoms with van der Waals surface area (Å²) in [4.78, 5) is 0. The van der Waals surface area contributed by atoms with E-state index in [1.54, 1.807) is 0 Å². The molecule has 1 aromatic heterocycles. The van der Waals surface area contributed by atoms with Crippen molar-refractivity contribution in [2.45, 2.75) is 25.3 Å². The first kappa shape index (κ1) is 13.3. The second kappa shape index (κ2) is 5.76. The largest absolute Gasteiger partial charge is 0.421 e. The fourth-order valence-corrected chi connectivity index (χ4v) is 2.29. The zero-order valence-corrected chi connectivity index (χ0v) is 13.1. The van der Waals surface area contributed by atoms with Crippen molar-refractivity contribution in [2.75, 3.05) is 6.54 Å². The lowest BCUT2D eigenvalue weighted by Gasteiger charge is -1.99. The minimum absolute atomic E-state index is 0.528. The van der Waals surface area contributed by atoms with Crippen molar-refractivity contribution in [3.8, 4) is 11.5 Å². The fraction of sp³-hybridized carbons (Fsp3) is 0.385. The van der Waals surface area contributed by atoms with Crippen molar-refractivity contribution in [1.29, 1.82) is 0 Å². The molecule has 1 fully saturated rings. The lowest BCUT2D eigenvalue weighted by molar-refractivity contribution is 0.494. The first-order valence-corrected chi connectivity index (χ1v) is 7.69. The van der Waals surface area contributed by atoms with E-state index in [-0.39, 0.29) is 0 Å². The molecule has 0 radical (unpaired) electrons. The number of hydrogen-bond acceptors (Lipinski definition) is 4. The molecule has 0 saturated heterocycles. The van der Waals surface area contributed by atoms with Crippen LogP contribution < -0.4 is 5.32 Å². The molecule has 0 atom stereocenters. The standard InChI is InChI=1S/C13H13ClIN3O/c14-10-7-8(1-4-11(10)15)13-18-17-12(19-13)5-6-16-9-2-3-9/h1,4,7,9,16H,2-3,5-6H2. The van der Waals surface area contributed by atoms with E-state index in [9.17, 15) is 0 Å². The van der Waals surface area contributed by atoms with Gasteiger partial charge in [-0.05, 0) is 53.6 Å². The normalized spacial score (nSPS) is 14.8. The van der Waals surface area contributed by atoms with E-state index in [1.807, 2.05) is 18.2 Å². The number of benzene rings is 1. The number of halogens is 2. The van der Waals surface area contributed by atoms with Crippen molar-refractivity contribution in [3.05, 3.63) is 32.7 Å². The van der Waals surface area contributed by atoms with Crippen LogP contribution in [0.3, 0.4) is 0 Å². The molecule has 4 nitrogen and oxygen atoms in total. The Morgan fingerprint density at radius 1 is 1.37 bits per heavy atom. The molecule has 1 aliphatic rings. The summed E-state index contributed by atoms with van der Waals surface area (Å²) in [6, 6.07) is 6.44. The molecule has 100 valence electrons. The number of aromatic nitrogens is 2. The zero-order valence-electron chi connectivity index (χ0n) is 10.2. The maximum Gasteiger partial charge on any atom is 0.247 e. The molecule has 1 aliphatic carbocycles. The van der Waals surface area contributed by atoms with E-state index in [2.05, 4.69) is 38.1 Å². The summed E-state index contributed by atoms with van der Waals surface area (Å²) in [5.41, 5.74) is 0.860. The van der Waals surface area contributed by atoms with Gasteiger partial charge in [-0.25, -0.2) is 0 Å². The molecule has 1 aromatic carbocycles. The Balaban J connectivity index is 1.67. The van der Waals surface area contributed by atoms with Gasteiger partial charge in [0.15, 0.2) is 0 Å². The second-order valence-electron chi connectivity index (χ2n) is 4.61. The summed E-state index contributed by atoms with van der Waals surface area (Å²) < 4.78 is 6.65. The first-order chi connectivity index (χ1) is 9.22. The molecule has 0 aliphatic heterocycles. The Morgan fingerprint density at radius 2 is 2.21 bits per heavy atom. The fourth-order valence-electron chi connectivity index (χ4n) is 1.77. The van der Waals surface area contributed by atoms with Gasteiger partial charge in [-0.3, -0.25) is 0 Å². The van der Waals surface area contributed by atoms with Crippen molar-refractivity contribution in [3.63, 3.8) is 0 Å². The van der Waals surface area contributed by atoms with Gasteiger partial charge in [0.05, 0.1) is 5.02 Å². The van der Waals surface area contributed by atoms with Gasteiger partial charge in [0.2, 0.25) is 11.8 Å². The molecule has 1 saturated carbocycles. The summed E-state index contributed by atoms with van der Waals surface area (Å²) in [6.07, 6.45) is 3.34. The van der Waals surface area contributed by atoms with Crippen LogP contribution in [-0.4, -0.2) is 22.8 Å². The Hall–Kier alpha value is -0.660. The van der Waals surface area contributed by atoms with Crippen LogP contribution in [0.5, 0.6) is 0 Å². The van der Waals surface area contributed by atoms with E-state index in [4.69, 9.17) is 16.0 Å². The molecule has 0 bridgehead atoms. The van der Waals surface area contributed by atoms with E-state index >= 15 is 0 Å². The van der Waals surface area contributed by atoms with Gasteiger partial charge < -0.3 is 9.73 Å². The second-order valence-corrected chi connectivity index (χ2v) is 6.18. The van der Waals surface area contributed by atoms with Crippen LogP contribution in [0.1, 0.15) is 18.7 Å². The van der Waals surface area contributed by atoms with Crippen LogP contribution >= 0.6 is 34.2 Å². The number of nitrogens with one attached hydrogen (secondary N) is 1. The van der Waals surface area contributed by atoms with Crippen LogP contribution in [0.4, 0.5) is 0 Å². The Bertz CT molecular complexity index is 583. The average Bonchev–Trinajstić information content (AvgIpc) is 3.10. The molecule has 0 amide bonds. The van der Waals surface area contributed by atoms with Gasteiger partial charge >= 0.3 is 0 Å². The topological polar surface area (TPSA) is 51.0 Å². The Kier molecular flexibility index (Phi) is 4.04. The summed E-state index contributed by atoms with van der Waals surface area (Å²) in [5, 5.41) is 12.2. The third-order valence-corrected chi connectivity index (χ3v) is 4.55. The molecule has 3 rings (SSSR count). The van der Waals surface area contributed by atoms with Crippen LogP contribution in [0.2, 0.25) is 5.02 Å². The lowest BCUT2D eigenvalue weighted by atomic mass is 10.2. The molecular formula is C13H13ClIN3O. The smallest absolute Gasteiger partial charge is 0.247 e. The molecule has 0 spiro atoms. The number of nitrogens with zero attached hydrogens (tertiary/aromatic N) is 2. The predicted molar refractivity (Wildman–Crippen MR) is 82.2 cm³/mol. The van der Waals surface area contributed by atoms with E-state index < -0.39 is 0 Å². The third kappa shape index (κ3) is 3.46. The maximum atomic E-state index is 6.09. The van der Waals surface area contributed by atoms with E-state index in [1.165, 1.54) is 12.8 Å². The molecule has 0 unspecified atom stereocenters. The quantitative estimate of drug-likeness (QED) is 0.797. The molecule has 2 aromatic rings. The lowest BCUT2D eigenvalue weighted by Crippen LogP contribution is -2.19. The summed E-state index contributed by atoms with van der Waals surface area (Å²) in [5.74, 6) is 1.19. The van der Waals surface area contributed by atoms with Crippen LogP contribution in [-0.2, 0) is 6.42 Å². The molecule has 1 heterocycles. The SMILES string of the molecule is Clc1cc(-c2nnc(CCNC3CC3)o2)ccc1I. The van der Waals surface area contributed by atoms with Crippen LogP contribution in [0.15, 0.2) is 22.6 Å². The van der Waals surface area contributed by atoms with Crippen LogP contribution in [0, 0.1) is 3.57 Å². The summed E-state index contributed by atoms with van der Waals surface area (Å²) in [7, 11) is 0. The number of hydrogen-bond donors (Lipinski definition) is 1. The molecular weight excluding hydrogens is 377 g/mol. The average molecular weight is 390 g/mol. The zero-order chi connectivity index (χ0) is 13.2. The third-order valence-electron chi connectivity index (χ3n) is 2.98. The highest BCUT2D eigenvalue weighted by Crippen LogP contribution is 2.25. The number of rotatable bonds is 5. The molecule has 1 N–H and O–H groups in total. The highest BCUT2D eigenvalue weighted by atomic mass is 127. The Morgan fingerprint density at radius 3 is 2.95 bits per heavy atom. The van der Waals surface area contributed by atoms with Gasteiger partial charge in [-0.2, -0.15) is 0 Å². The van der Waals surface area contributed by atoms with Gasteiger partial charge in [-0.15, -0.1) is 10.2 Å². The van der Waals surface area contributed by atoms with Gasteiger partial charge in [0, 0.05) is 28.1 Å². The van der Waals surface area contributed by atoms with Crippen molar-refractivity contribution in [2.24, 2.45) is 0 Å². The summed E-state index contributed by atoms with van der Waals surface area (Å²) >= 11 is 8.28. The van der Waals surface area contributed by atoms with Crippen molar-refractivity contribution < 1.29 is 4.42 Å². The predicted octanol–water partition coefficient (Wildman–Crippen LogP) is 3.29. The van der Waals surface area contributed by atoms with Crippen LogP contribution in [0.25, 0.3) is 11.5 Å². The Labute approximate surface area is 130 Å².